The third kappa shape index (κ3) is 5.32. The largest absolute Gasteiger partial charge is 0.394 e. The van der Waals surface area contributed by atoms with Crippen LogP contribution in [0.25, 0.3) is 0 Å². The first-order valence-corrected chi connectivity index (χ1v) is 10.4. The molecule has 1 unspecified atom stereocenters. The zero-order chi connectivity index (χ0) is 24.6. The maximum Gasteiger partial charge on any atom is 0.187 e. The van der Waals surface area contributed by atoms with Crippen LogP contribution >= 0.6 is 0 Å². The molecule has 33 heavy (non-hydrogen) atoms. The Morgan fingerprint density at radius 2 is 1.03 bits per heavy atom. The summed E-state index contributed by atoms with van der Waals surface area (Å²) in [6.07, 6.45) is -24.1. The first-order valence-electron chi connectivity index (χ1n) is 10.4. The Labute approximate surface area is 187 Å². The van der Waals surface area contributed by atoms with Gasteiger partial charge in [0.2, 0.25) is 0 Å². The van der Waals surface area contributed by atoms with Gasteiger partial charge < -0.3 is 74.7 Å². The van der Waals surface area contributed by atoms with Gasteiger partial charge in [0.25, 0.3) is 0 Å². The van der Waals surface area contributed by atoms with Crippen LogP contribution < -0.4 is 0 Å². The van der Waals surface area contributed by atoms with Crippen molar-refractivity contribution in [2.24, 2.45) is 0 Å². The zero-order valence-electron chi connectivity index (χ0n) is 17.6. The second kappa shape index (κ2) is 11.0. The first kappa shape index (κ1) is 27.0. The number of rotatable bonds is 6. The predicted octanol–water partition coefficient (Wildman–Crippen LogP) is -6.55. The Balaban J connectivity index is 1.82. The van der Waals surface area contributed by atoms with Gasteiger partial charge in [0.15, 0.2) is 18.9 Å². The van der Waals surface area contributed by atoms with Crippen LogP contribution in [0.3, 0.4) is 0 Å². The van der Waals surface area contributed by atoms with E-state index in [0.717, 1.165) is 0 Å². The highest BCUT2D eigenvalue weighted by atomic mass is 16.8. The van der Waals surface area contributed by atoms with Crippen LogP contribution in [0.15, 0.2) is 0 Å². The molecule has 194 valence electrons. The molecule has 0 spiro atoms. The van der Waals surface area contributed by atoms with Crippen LogP contribution in [-0.2, 0) is 23.7 Å². The molecule has 3 rings (SSSR count). The lowest BCUT2D eigenvalue weighted by Crippen LogP contribution is -2.66. The van der Waals surface area contributed by atoms with Crippen molar-refractivity contribution in [1.82, 2.24) is 0 Å². The SMILES string of the molecule is C[C@@H]1O[C@H](O[C@H]2C(O)O[C@H](CO)[C@@H](O)[C@@H]2O[C@@H]2O[C@H](CO)[C@H](O)[C@H](O)[C@H]2O)[C@@H](O)[C@H](O)[C@@H]1O. The lowest BCUT2D eigenvalue weighted by Gasteiger charge is -2.48. The number of ether oxygens (including phenoxy) is 5. The van der Waals surface area contributed by atoms with Gasteiger partial charge >= 0.3 is 0 Å². The number of aliphatic hydroxyl groups excluding tert-OH is 10. The Morgan fingerprint density at radius 3 is 1.61 bits per heavy atom. The van der Waals surface area contributed by atoms with Crippen molar-refractivity contribution in [2.75, 3.05) is 13.2 Å². The fourth-order valence-corrected chi connectivity index (χ4v) is 3.97. The molecular weight excluding hydrogens is 456 g/mol. The fraction of sp³-hybridized carbons (Fsp3) is 1.00. The molecule has 15 nitrogen and oxygen atoms in total. The lowest BCUT2D eigenvalue weighted by molar-refractivity contribution is -0.386. The normalized spacial score (nSPS) is 53.7. The molecule has 10 N–H and O–H groups in total. The van der Waals surface area contributed by atoms with Crippen molar-refractivity contribution in [3.63, 3.8) is 0 Å². The molecule has 0 aliphatic carbocycles. The molecule has 0 bridgehead atoms. The number of aliphatic hydroxyl groups is 10. The van der Waals surface area contributed by atoms with E-state index >= 15 is 0 Å². The summed E-state index contributed by atoms with van der Waals surface area (Å²) < 4.78 is 26.7. The summed E-state index contributed by atoms with van der Waals surface area (Å²) >= 11 is 0. The number of hydrogen-bond acceptors (Lipinski definition) is 15. The minimum atomic E-state index is -1.88. The second-order valence-corrected chi connectivity index (χ2v) is 8.32. The van der Waals surface area contributed by atoms with Gasteiger partial charge in [0.1, 0.15) is 67.1 Å². The van der Waals surface area contributed by atoms with Gasteiger partial charge in [0, 0.05) is 0 Å². The highest BCUT2D eigenvalue weighted by Gasteiger charge is 2.53. The standard InChI is InChI=1S/C18H32O15/c1-4-7(21)10(24)12(26)17(29-4)33-15-14(9(23)6(3-20)30-16(15)28)32-18-13(27)11(25)8(22)5(2-19)31-18/h4-28H,2-3H2,1H3/t4-,5+,6+,7+,8-,9+,10+,11-,12-,13+,14-,15+,16?,17+,18-/m0/s1. The number of hydrogen-bond donors (Lipinski definition) is 10. The van der Waals surface area contributed by atoms with Gasteiger partial charge in [-0.1, -0.05) is 0 Å². The molecular formula is C18H32O15. The van der Waals surface area contributed by atoms with E-state index in [0.29, 0.717) is 0 Å². The highest BCUT2D eigenvalue weighted by molar-refractivity contribution is 4.96. The topological polar surface area (TPSA) is 248 Å². The molecule has 0 saturated carbocycles. The summed E-state index contributed by atoms with van der Waals surface area (Å²) in [4.78, 5) is 0. The molecule has 0 aromatic carbocycles. The molecule has 15 atom stereocenters. The minimum absolute atomic E-state index is 0.747. The van der Waals surface area contributed by atoms with Crippen LogP contribution in [0.5, 0.6) is 0 Å². The third-order valence-corrected chi connectivity index (χ3v) is 6.06. The van der Waals surface area contributed by atoms with Crippen LogP contribution in [0.4, 0.5) is 0 Å². The molecule has 0 aromatic rings. The summed E-state index contributed by atoms with van der Waals surface area (Å²) in [5.41, 5.74) is 0. The Hall–Kier alpha value is -0.600. The van der Waals surface area contributed by atoms with Gasteiger partial charge in [-0.2, -0.15) is 0 Å². The maximum atomic E-state index is 10.6. The van der Waals surface area contributed by atoms with Gasteiger partial charge in [-0.05, 0) is 6.92 Å². The molecule has 3 heterocycles. The quantitative estimate of drug-likeness (QED) is 0.167. The molecule has 3 aliphatic heterocycles. The molecule has 3 fully saturated rings. The van der Waals surface area contributed by atoms with Crippen molar-refractivity contribution < 1.29 is 74.7 Å². The van der Waals surface area contributed by atoms with E-state index < -0.39 is 105 Å². The van der Waals surface area contributed by atoms with Crippen LogP contribution in [0, 0.1) is 0 Å². The van der Waals surface area contributed by atoms with Crippen LogP contribution in [0.2, 0.25) is 0 Å². The molecule has 3 aliphatic rings. The van der Waals surface area contributed by atoms with Gasteiger partial charge in [-0.3, -0.25) is 0 Å². The average Bonchev–Trinajstić information content (AvgIpc) is 2.79. The van der Waals surface area contributed by atoms with E-state index in [9.17, 15) is 51.1 Å². The predicted molar refractivity (Wildman–Crippen MR) is 99.8 cm³/mol. The highest BCUT2D eigenvalue weighted by Crippen LogP contribution is 2.32. The lowest BCUT2D eigenvalue weighted by atomic mass is 9.96. The molecule has 0 amide bonds. The van der Waals surface area contributed by atoms with Crippen LogP contribution in [0.1, 0.15) is 6.92 Å². The average molecular weight is 488 g/mol. The minimum Gasteiger partial charge on any atom is -0.394 e. The van der Waals surface area contributed by atoms with Gasteiger partial charge in [-0.25, -0.2) is 0 Å². The fourth-order valence-electron chi connectivity index (χ4n) is 3.97. The first-order chi connectivity index (χ1) is 15.5. The van der Waals surface area contributed by atoms with E-state index in [1.807, 2.05) is 0 Å². The summed E-state index contributed by atoms with van der Waals surface area (Å²) in [6.45, 7) is -0.115. The van der Waals surface area contributed by atoms with Crippen molar-refractivity contribution in [3.8, 4) is 0 Å². The van der Waals surface area contributed by atoms with Crippen molar-refractivity contribution >= 4 is 0 Å². The van der Waals surface area contributed by atoms with Crippen LogP contribution in [-0.4, -0.2) is 156 Å². The Bertz CT molecular complexity index is 624. The molecule has 3 saturated heterocycles. The Kier molecular flexibility index (Phi) is 8.99. The third-order valence-electron chi connectivity index (χ3n) is 6.06. The maximum absolute atomic E-state index is 10.6. The molecule has 0 radical (unpaired) electrons. The summed E-state index contributed by atoms with van der Waals surface area (Å²) in [5.74, 6) is 0. The van der Waals surface area contributed by atoms with Crippen molar-refractivity contribution in [1.29, 1.82) is 0 Å². The monoisotopic (exact) mass is 488 g/mol. The van der Waals surface area contributed by atoms with E-state index in [4.69, 9.17) is 23.7 Å². The summed E-state index contributed by atoms with van der Waals surface area (Å²) in [6, 6.07) is 0. The Morgan fingerprint density at radius 1 is 0.545 bits per heavy atom. The molecule has 15 heteroatoms. The van der Waals surface area contributed by atoms with Crippen molar-refractivity contribution in [3.05, 3.63) is 0 Å². The van der Waals surface area contributed by atoms with E-state index in [1.165, 1.54) is 6.92 Å². The summed E-state index contributed by atoms with van der Waals surface area (Å²) in [5, 5.41) is 100.0. The van der Waals surface area contributed by atoms with E-state index in [-0.39, 0.29) is 0 Å². The molecule has 0 aromatic heterocycles. The van der Waals surface area contributed by atoms with E-state index in [1.54, 1.807) is 0 Å². The van der Waals surface area contributed by atoms with Gasteiger partial charge in [0.05, 0.1) is 19.3 Å². The second-order valence-electron chi connectivity index (χ2n) is 8.32. The summed E-state index contributed by atoms with van der Waals surface area (Å²) in [7, 11) is 0. The van der Waals surface area contributed by atoms with E-state index in [2.05, 4.69) is 0 Å². The zero-order valence-corrected chi connectivity index (χ0v) is 17.6. The van der Waals surface area contributed by atoms with Crippen molar-refractivity contribution in [2.45, 2.75) is 99.0 Å². The smallest absolute Gasteiger partial charge is 0.187 e. The van der Waals surface area contributed by atoms with Gasteiger partial charge in [-0.15, -0.1) is 0 Å².